The number of likely N-dealkylation sites (tertiary alicyclic amines) is 1. The molecule has 1 N–H and O–H groups in total. The molecule has 2 saturated heterocycles. The number of nitrogens with one attached hydrogen (secondary N) is 1. The van der Waals surface area contributed by atoms with E-state index in [1.165, 1.54) is 5.56 Å². The van der Waals surface area contributed by atoms with E-state index in [1.54, 1.807) is 12.4 Å². The molecule has 1 unspecified atom stereocenters. The molecule has 2 aromatic heterocycles. The molecule has 1 spiro atoms. The van der Waals surface area contributed by atoms with Crippen LogP contribution in [0, 0.1) is 5.41 Å². The van der Waals surface area contributed by atoms with Crippen LogP contribution in [-0.2, 0) is 17.6 Å². The molecule has 4 heterocycles. The predicted molar refractivity (Wildman–Crippen MR) is 104 cm³/mol. The van der Waals surface area contributed by atoms with Gasteiger partial charge in [0, 0.05) is 63.1 Å². The van der Waals surface area contributed by atoms with Crippen molar-refractivity contribution in [2.45, 2.75) is 38.1 Å². The van der Waals surface area contributed by atoms with E-state index in [-0.39, 0.29) is 17.4 Å². The van der Waals surface area contributed by atoms with Gasteiger partial charge in [0.25, 0.3) is 5.91 Å². The number of nitrogens with zero attached hydrogens (tertiary/aromatic N) is 4. The Morgan fingerprint density at radius 3 is 2.75 bits per heavy atom. The Balaban J connectivity index is 1.20. The summed E-state index contributed by atoms with van der Waals surface area (Å²) >= 11 is 0. The number of pyridine rings is 1. The molecule has 0 aromatic carbocycles. The normalized spacial score (nSPS) is 23.0. The van der Waals surface area contributed by atoms with Gasteiger partial charge in [-0.15, -0.1) is 0 Å². The summed E-state index contributed by atoms with van der Waals surface area (Å²) in [4.78, 5) is 28.0. The van der Waals surface area contributed by atoms with E-state index < -0.39 is 0 Å². The topological polar surface area (TPSA) is 80.2 Å². The number of carbonyl (C=O) groups is 1. The molecular formula is C21H25N5O2. The summed E-state index contributed by atoms with van der Waals surface area (Å²) in [6, 6.07) is 4.34. The highest BCUT2D eigenvalue weighted by Gasteiger charge is 2.41. The highest BCUT2D eigenvalue weighted by molar-refractivity contribution is 5.94. The van der Waals surface area contributed by atoms with Crippen molar-refractivity contribution >= 4 is 11.9 Å². The fourth-order valence-electron chi connectivity index (χ4n) is 4.71. The third kappa shape index (κ3) is 3.35. The average molecular weight is 379 g/mol. The monoisotopic (exact) mass is 379 g/mol. The van der Waals surface area contributed by atoms with Crippen molar-refractivity contribution in [1.82, 2.24) is 19.9 Å². The summed E-state index contributed by atoms with van der Waals surface area (Å²) in [5.41, 5.74) is 3.23. The van der Waals surface area contributed by atoms with Crippen LogP contribution in [0.5, 0.6) is 0 Å². The molecule has 3 aliphatic rings. The van der Waals surface area contributed by atoms with Crippen molar-refractivity contribution in [2.24, 2.45) is 5.41 Å². The maximum absolute atomic E-state index is 12.9. The second kappa shape index (κ2) is 7.13. The summed E-state index contributed by atoms with van der Waals surface area (Å²) in [5, 5.41) is 3.37. The molecule has 2 aromatic rings. The Bertz CT molecular complexity index is 838. The lowest BCUT2D eigenvalue weighted by molar-refractivity contribution is 0.0191. The number of anilines is 1. The zero-order chi connectivity index (χ0) is 19.0. The summed E-state index contributed by atoms with van der Waals surface area (Å²) in [7, 11) is 0. The Labute approximate surface area is 164 Å². The fraction of sp³-hybridized carbons (Fsp3) is 0.524. The molecule has 28 heavy (non-hydrogen) atoms. The van der Waals surface area contributed by atoms with Gasteiger partial charge in [-0.3, -0.25) is 9.78 Å². The number of amides is 1. The lowest BCUT2D eigenvalue weighted by Crippen LogP contribution is -2.35. The maximum atomic E-state index is 12.9. The quantitative estimate of drug-likeness (QED) is 0.880. The fourth-order valence-corrected chi connectivity index (χ4v) is 4.71. The van der Waals surface area contributed by atoms with E-state index >= 15 is 0 Å². The maximum Gasteiger partial charge on any atom is 0.257 e. The molecule has 2 fully saturated rings. The third-order valence-electron chi connectivity index (χ3n) is 6.40. The second-order valence-corrected chi connectivity index (χ2v) is 8.24. The van der Waals surface area contributed by atoms with Crippen LogP contribution in [0.2, 0.25) is 0 Å². The first-order chi connectivity index (χ1) is 13.7. The minimum Gasteiger partial charge on any atom is -0.381 e. The molecular weight excluding hydrogens is 354 g/mol. The van der Waals surface area contributed by atoms with Crippen molar-refractivity contribution in [1.29, 1.82) is 0 Å². The lowest BCUT2D eigenvalue weighted by Gasteiger charge is -2.33. The molecule has 0 radical (unpaired) electrons. The molecule has 1 atom stereocenters. The number of aromatic nitrogens is 3. The highest BCUT2D eigenvalue weighted by atomic mass is 16.5. The van der Waals surface area contributed by atoms with Crippen LogP contribution in [-0.4, -0.2) is 58.1 Å². The lowest BCUT2D eigenvalue weighted by atomic mass is 9.80. The van der Waals surface area contributed by atoms with Gasteiger partial charge in [0.15, 0.2) is 0 Å². The first kappa shape index (κ1) is 17.6. The van der Waals surface area contributed by atoms with Crippen LogP contribution in [0.4, 0.5) is 5.95 Å². The van der Waals surface area contributed by atoms with Crippen LogP contribution < -0.4 is 5.32 Å². The van der Waals surface area contributed by atoms with Crippen molar-refractivity contribution in [3.05, 3.63) is 47.5 Å². The number of carbonyl (C=O) groups excluding carboxylic acids is 1. The van der Waals surface area contributed by atoms with Gasteiger partial charge in [0.05, 0.1) is 5.56 Å². The first-order valence-electron chi connectivity index (χ1n) is 10.1. The van der Waals surface area contributed by atoms with E-state index in [4.69, 9.17) is 4.74 Å². The first-order valence-corrected chi connectivity index (χ1v) is 10.1. The minimum absolute atomic E-state index is 0.0346. The summed E-state index contributed by atoms with van der Waals surface area (Å²) < 4.78 is 5.49. The van der Waals surface area contributed by atoms with Crippen molar-refractivity contribution < 1.29 is 9.53 Å². The van der Waals surface area contributed by atoms with E-state index in [9.17, 15) is 4.79 Å². The summed E-state index contributed by atoms with van der Waals surface area (Å²) in [6.07, 6.45) is 10.1. The van der Waals surface area contributed by atoms with E-state index in [2.05, 4.69) is 26.3 Å². The Hall–Kier alpha value is -2.54. The van der Waals surface area contributed by atoms with Crippen LogP contribution in [0.3, 0.4) is 0 Å². The zero-order valence-corrected chi connectivity index (χ0v) is 15.9. The number of hydrogen-bond donors (Lipinski definition) is 1. The Morgan fingerprint density at radius 2 is 1.96 bits per heavy atom. The molecule has 7 heteroatoms. The zero-order valence-electron chi connectivity index (χ0n) is 15.9. The van der Waals surface area contributed by atoms with Crippen molar-refractivity contribution in [3.63, 3.8) is 0 Å². The summed E-state index contributed by atoms with van der Waals surface area (Å²) in [6.45, 7) is 3.26. The van der Waals surface area contributed by atoms with Crippen LogP contribution in [0.15, 0.2) is 30.7 Å². The minimum atomic E-state index is 0.0346. The van der Waals surface area contributed by atoms with E-state index in [0.29, 0.717) is 11.5 Å². The summed E-state index contributed by atoms with van der Waals surface area (Å²) in [5.74, 6) is 0.601. The molecule has 5 rings (SSSR count). The average Bonchev–Trinajstić information content (AvgIpc) is 3.32. The van der Waals surface area contributed by atoms with Crippen LogP contribution in [0.1, 0.15) is 40.9 Å². The van der Waals surface area contributed by atoms with Crippen molar-refractivity contribution in [3.8, 4) is 0 Å². The molecule has 146 valence electrons. The largest absolute Gasteiger partial charge is 0.381 e. The smallest absolute Gasteiger partial charge is 0.257 e. The number of hydrogen-bond acceptors (Lipinski definition) is 6. The van der Waals surface area contributed by atoms with E-state index in [1.807, 2.05) is 17.2 Å². The van der Waals surface area contributed by atoms with Crippen molar-refractivity contribution in [2.75, 3.05) is 31.6 Å². The number of ether oxygens (including phenoxy) is 1. The van der Waals surface area contributed by atoms with Crippen LogP contribution in [0.25, 0.3) is 0 Å². The van der Waals surface area contributed by atoms with Gasteiger partial charge in [-0.25, -0.2) is 9.97 Å². The molecule has 0 saturated carbocycles. The van der Waals surface area contributed by atoms with Gasteiger partial charge >= 0.3 is 0 Å². The highest BCUT2D eigenvalue weighted by Crippen LogP contribution is 2.40. The third-order valence-corrected chi connectivity index (χ3v) is 6.40. The van der Waals surface area contributed by atoms with Gasteiger partial charge in [0.1, 0.15) is 0 Å². The van der Waals surface area contributed by atoms with Gasteiger partial charge < -0.3 is 15.0 Å². The van der Waals surface area contributed by atoms with Gasteiger partial charge in [-0.1, -0.05) is 6.07 Å². The van der Waals surface area contributed by atoms with Gasteiger partial charge in [0.2, 0.25) is 5.95 Å². The standard InChI is InChI=1S/C21H25N5O2/c27-19(26-7-3-21(14-26)4-8-28-9-5-21)16-12-23-20(24-13-16)25-17-10-15-2-1-6-22-18(15)11-17/h1-2,6,12-13,17H,3-5,7-11,14H2,(H,23,24,25). The molecule has 7 nitrogen and oxygen atoms in total. The number of fused-ring (bicyclic) bond motifs is 1. The van der Waals surface area contributed by atoms with Crippen LogP contribution >= 0.6 is 0 Å². The Kier molecular flexibility index (Phi) is 4.47. The molecule has 2 aliphatic heterocycles. The van der Waals surface area contributed by atoms with E-state index in [0.717, 1.165) is 64.1 Å². The second-order valence-electron chi connectivity index (χ2n) is 8.24. The Morgan fingerprint density at radius 1 is 1.14 bits per heavy atom. The molecule has 1 amide bonds. The SMILES string of the molecule is O=C(c1cnc(NC2Cc3cccnc3C2)nc1)N1CCC2(CCOCC2)C1. The van der Waals surface area contributed by atoms with Gasteiger partial charge in [-0.2, -0.15) is 0 Å². The molecule has 0 bridgehead atoms. The predicted octanol–water partition coefficient (Wildman–Crippen LogP) is 2.09. The number of rotatable bonds is 3. The molecule has 1 aliphatic carbocycles. The van der Waals surface area contributed by atoms with Gasteiger partial charge in [-0.05, 0) is 42.7 Å².